The van der Waals surface area contributed by atoms with Crippen LogP contribution in [0.25, 0.3) is 0 Å². The van der Waals surface area contributed by atoms with Crippen molar-refractivity contribution < 1.29 is 15.0 Å². The second kappa shape index (κ2) is 5.34. The van der Waals surface area contributed by atoms with Gasteiger partial charge < -0.3 is 15.9 Å². The zero-order valence-corrected chi connectivity index (χ0v) is 14.2. The molecule has 1 unspecified atom stereocenters. The molecule has 0 heterocycles. The highest BCUT2D eigenvalue weighted by Gasteiger charge is 2.44. The van der Waals surface area contributed by atoms with E-state index in [1.807, 2.05) is 41.5 Å². The minimum absolute atomic E-state index is 0.365. The van der Waals surface area contributed by atoms with E-state index in [-0.39, 0.29) is 10.8 Å². The van der Waals surface area contributed by atoms with Crippen LogP contribution in [0.3, 0.4) is 0 Å². The molecule has 0 saturated heterocycles. The van der Waals surface area contributed by atoms with Crippen molar-refractivity contribution in [1.82, 2.24) is 0 Å². The van der Waals surface area contributed by atoms with Crippen molar-refractivity contribution >= 4 is 5.78 Å². The van der Waals surface area contributed by atoms with Crippen LogP contribution in [-0.4, -0.2) is 33.7 Å². The molecule has 120 valence electrons. The summed E-state index contributed by atoms with van der Waals surface area (Å²) in [6.45, 7) is 13.2. The second-order valence-corrected chi connectivity index (χ2v) is 8.08. The van der Waals surface area contributed by atoms with Gasteiger partial charge in [-0.15, -0.1) is 0 Å². The highest BCUT2D eigenvalue weighted by atomic mass is 16.3. The lowest BCUT2D eigenvalue weighted by atomic mass is 9.68. The summed E-state index contributed by atoms with van der Waals surface area (Å²) in [6.07, 6.45) is 2.14. The number of Topliss-reactive ketones (excluding diaryl/α,β-unsaturated/α-hetero) is 1. The fourth-order valence-corrected chi connectivity index (χ4v) is 2.60. The molecule has 1 aliphatic rings. The standard InChI is InChI=1S/C17H29NO3/c1-10(18)14(20)17(21)8-11(15(2,3)4)13(19)12(9-17)16(5,6)7/h8-10,13,19,21H,18H2,1-7H3. The molecule has 0 amide bonds. The highest BCUT2D eigenvalue weighted by Crippen LogP contribution is 2.43. The molecule has 0 spiro atoms. The van der Waals surface area contributed by atoms with Crippen LogP contribution in [0.15, 0.2) is 23.3 Å². The van der Waals surface area contributed by atoms with Gasteiger partial charge in [-0.3, -0.25) is 4.79 Å². The van der Waals surface area contributed by atoms with Crippen LogP contribution in [0.4, 0.5) is 0 Å². The van der Waals surface area contributed by atoms with Gasteiger partial charge >= 0.3 is 0 Å². The van der Waals surface area contributed by atoms with Crippen molar-refractivity contribution in [3.8, 4) is 0 Å². The predicted octanol–water partition coefficient (Wildman–Crippen LogP) is 1.95. The summed E-state index contributed by atoms with van der Waals surface area (Å²) in [5.41, 5.74) is 4.47. The van der Waals surface area contributed by atoms with Crippen LogP contribution >= 0.6 is 0 Å². The van der Waals surface area contributed by atoms with E-state index in [4.69, 9.17) is 5.73 Å². The molecule has 4 nitrogen and oxygen atoms in total. The van der Waals surface area contributed by atoms with Gasteiger partial charge in [-0.2, -0.15) is 0 Å². The maximum Gasteiger partial charge on any atom is 0.188 e. The van der Waals surface area contributed by atoms with Gasteiger partial charge in [-0.1, -0.05) is 41.5 Å². The lowest BCUT2D eigenvalue weighted by Crippen LogP contribution is -2.49. The normalized spacial score (nSPS) is 28.8. The molecule has 0 fully saturated rings. The Morgan fingerprint density at radius 2 is 1.48 bits per heavy atom. The lowest BCUT2D eigenvalue weighted by Gasteiger charge is -2.41. The third-order valence-electron chi connectivity index (χ3n) is 3.88. The van der Waals surface area contributed by atoms with Gasteiger partial charge in [0.05, 0.1) is 12.1 Å². The molecule has 1 aliphatic carbocycles. The topological polar surface area (TPSA) is 83.6 Å². The first-order chi connectivity index (χ1) is 9.20. The van der Waals surface area contributed by atoms with Crippen molar-refractivity contribution in [2.24, 2.45) is 16.6 Å². The number of nitrogens with two attached hydrogens (primary N) is 1. The molecular formula is C17H29NO3. The first-order valence-corrected chi connectivity index (χ1v) is 7.37. The number of aliphatic hydroxyl groups excluding tert-OH is 1. The van der Waals surface area contributed by atoms with Gasteiger partial charge in [0.2, 0.25) is 0 Å². The third kappa shape index (κ3) is 3.62. The van der Waals surface area contributed by atoms with Crippen molar-refractivity contribution in [2.45, 2.75) is 66.2 Å². The Morgan fingerprint density at radius 1 is 1.14 bits per heavy atom. The molecule has 0 saturated carbocycles. The van der Waals surface area contributed by atoms with E-state index >= 15 is 0 Å². The molecule has 4 N–H and O–H groups in total. The largest absolute Gasteiger partial charge is 0.384 e. The summed E-state index contributed by atoms with van der Waals surface area (Å²) < 4.78 is 0. The van der Waals surface area contributed by atoms with E-state index in [2.05, 4.69) is 0 Å². The van der Waals surface area contributed by atoms with Crippen LogP contribution < -0.4 is 5.73 Å². The van der Waals surface area contributed by atoms with E-state index in [1.165, 1.54) is 12.2 Å². The molecular weight excluding hydrogens is 266 g/mol. The zero-order valence-electron chi connectivity index (χ0n) is 14.2. The fourth-order valence-electron chi connectivity index (χ4n) is 2.60. The number of ketones is 1. The maximum atomic E-state index is 12.3. The van der Waals surface area contributed by atoms with E-state index in [0.717, 1.165) is 0 Å². The molecule has 0 aromatic rings. The first kappa shape index (κ1) is 18.1. The quantitative estimate of drug-likeness (QED) is 0.680. The number of carbonyl (C=O) groups excluding carboxylic acids is 1. The number of rotatable bonds is 2. The minimum Gasteiger partial charge on any atom is -0.384 e. The minimum atomic E-state index is -1.75. The number of aliphatic hydroxyl groups is 2. The molecule has 21 heavy (non-hydrogen) atoms. The van der Waals surface area contributed by atoms with Gasteiger partial charge in [0.1, 0.15) is 0 Å². The van der Waals surface area contributed by atoms with Gasteiger partial charge in [0, 0.05) is 0 Å². The van der Waals surface area contributed by atoms with E-state index in [9.17, 15) is 15.0 Å². The molecule has 4 heteroatoms. The Morgan fingerprint density at radius 3 is 1.71 bits per heavy atom. The van der Waals surface area contributed by atoms with Crippen molar-refractivity contribution in [2.75, 3.05) is 0 Å². The van der Waals surface area contributed by atoms with Gasteiger partial charge in [-0.25, -0.2) is 0 Å². The van der Waals surface area contributed by atoms with E-state index in [1.54, 1.807) is 6.92 Å². The molecule has 0 radical (unpaired) electrons. The van der Waals surface area contributed by atoms with Gasteiger partial charge in [0.25, 0.3) is 0 Å². The van der Waals surface area contributed by atoms with Gasteiger partial charge in [0.15, 0.2) is 11.4 Å². The Bertz CT molecular complexity index is 455. The van der Waals surface area contributed by atoms with Crippen LogP contribution in [0, 0.1) is 10.8 Å². The Balaban J connectivity index is 3.52. The Labute approximate surface area is 127 Å². The SMILES string of the molecule is CC(N)C(=O)C1(O)C=C(C(C)(C)C)C(O)C(C(C)(C)C)=C1. The summed E-state index contributed by atoms with van der Waals surface area (Å²) >= 11 is 0. The highest BCUT2D eigenvalue weighted by molar-refractivity contribution is 5.96. The maximum absolute atomic E-state index is 12.3. The molecule has 1 rings (SSSR count). The van der Waals surface area contributed by atoms with E-state index < -0.39 is 23.5 Å². The van der Waals surface area contributed by atoms with Crippen molar-refractivity contribution in [3.63, 3.8) is 0 Å². The smallest absolute Gasteiger partial charge is 0.188 e. The lowest BCUT2D eigenvalue weighted by molar-refractivity contribution is -0.130. The van der Waals surface area contributed by atoms with E-state index in [0.29, 0.717) is 11.1 Å². The summed E-state index contributed by atoms with van der Waals surface area (Å²) in [6, 6.07) is -0.778. The van der Waals surface area contributed by atoms with Gasteiger partial charge in [-0.05, 0) is 41.1 Å². The average molecular weight is 295 g/mol. The molecule has 0 aromatic heterocycles. The van der Waals surface area contributed by atoms with Crippen molar-refractivity contribution in [3.05, 3.63) is 23.3 Å². The second-order valence-electron chi connectivity index (χ2n) is 8.08. The number of hydrogen-bond donors (Lipinski definition) is 3. The molecule has 0 aliphatic heterocycles. The van der Waals surface area contributed by atoms with Crippen molar-refractivity contribution in [1.29, 1.82) is 0 Å². The summed E-state index contributed by atoms with van der Waals surface area (Å²) in [7, 11) is 0. The fraction of sp³-hybridized carbons (Fsp3) is 0.706. The third-order valence-corrected chi connectivity index (χ3v) is 3.88. The van der Waals surface area contributed by atoms with Crippen LogP contribution in [0.2, 0.25) is 0 Å². The zero-order chi connectivity index (χ0) is 16.8. The molecule has 0 aromatic carbocycles. The van der Waals surface area contributed by atoms with Crippen LogP contribution in [-0.2, 0) is 4.79 Å². The summed E-state index contributed by atoms with van der Waals surface area (Å²) in [5, 5.41) is 21.5. The molecule has 1 atom stereocenters. The Kier molecular flexibility index (Phi) is 4.60. The van der Waals surface area contributed by atoms with Crippen LogP contribution in [0.1, 0.15) is 48.5 Å². The first-order valence-electron chi connectivity index (χ1n) is 7.37. The number of carbonyl (C=O) groups is 1. The Hall–Kier alpha value is -0.970. The summed E-state index contributed by atoms with van der Waals surface area (Å²) in [4.78, 5) is 12.3. The predicted molar refractivity (Wildman–Crippen MR) is 84.7 cm³/mol. The number of hydrogen-bond acceptors (Lipinski definition) is 4. The van der Waals surface area contributed by atoms with Crippen LogP contribution in [0.5, 0.6) is 0 Å². The summed E-state index contributed by atoms with van der Waals surface area (Å²) in [5.74, 6) is -0.460. The monoisotopic (exact) mass is 295 g/mol. The molecule has 0 bridgehead atoms. The average Bonchev–Trinajstić information content (AvgIpc) is 2.28.